The third-order valence-corrected chi connectivity index (χ3v) is 6.92. The second kappa shape index (κ2) is 12.6. The molecule has 12 nitrogen and oxygen atoms in total. The second-order valence-electron chi connectivity index (χ2n) is 11.2. The average Bonchev–Trinajstić information content (AvgIpc) is 3.58. The fourth-order valence-electron chi connectivity index (χ4n) is 4.46. The molecule has 3 N–H and O–H groups in total. The first kappa shape index (κ1) is 29.1. The fourth-order valence-corrected chi connectivity index (χ4v) is 4.46. The number of amides is 1. The number of imidazole rings is 1. The number of nitrogens with one attached hydrogen (secondary N) is 3. The first-order chi connectivity index (χ1) is 20.2. The molecule has 1 saturated heterocycles. The molecule has 5 rings (SSSR count). The van der Waals surface area contributed by atoms with Crippen molar-refractivity contribution in [2.24, 2.45) is 0 Å². The molecule has 42 heavy (non-hydrogen) atoms. The van der Waals surface area contributed by atoms with Crippen LogP contribution in [0.5, 0.6) is 5.75 Å². The summed E-state index contributed by atoms with van der Waals surface area (Å²) in [6.07, 6.45) is 4.45. The predicted octanol–water partition coefficient (Wildman–Crippen LogP) is 5.27. The topological polar surface area (TPSA) is 132 Å². The van der Waals surface area contributed by atoms with Crippen LogP contribution in [0.3, 0.4) is 0 Å². The number of rotatable bonds is 9. The summed E-state index contributed by atoms with van der Waals surface area (Å²) in [7, 11) is 0. The van der Waals surface area contributed by atoms with Crippen molar-refractivity contribution in [2.75, 3.05) is 55.3 Å². The Balaban J connectivity index is 1.24. The first-order valence-corrected chi connectivity index (χ1v) is 14.0. The van der Waals surface area contributed by atoms with E-state index in [0.717, 1.165) is 62.2 Å². The molecule has 3 aromatic heterocycles. The van der Waals surface area contributed by atoms with Crippen molar-refractivity contribution in [2.45, 2.75) is 40.0 Å². The zero-order valence-corrected chi connectivity index (χ0v) is 24.7. The van der Waals surface area contributed by atoms with Gasteiger partial charge in [-0.05, 0) is 31.5 Å². The van der Waals surface area contributed by atoms with Crippen LogP contribution in [-0.4, -0.2) is 69.9 Å². The van der Waals surface area contributed by atoms with E-state index in [0.29, 0.717) is 29.0 Å². The number of morpholine rings is 1. The van der Waals surface area contributed by atoms with E-state index in [1.54, 1.807) is 19.2 Å². The van der Waals surface area contributed by atoms with E-state index in [1.165, 1.54) is 6.33 Å². The summed E-state index contributed by atoms with van der Waals surface area (Å²) >= 11 is 0. The number of nitrogens with zero attached hydrogens (tertiary/aromatic N) is 5. The number of furan rings is 1. The minimum atomic E-state index is -0.606. The number of anilines is 4. The maximum absolute atomic E-state index is 12.7. The highest BCUT2D eigenvalue weighted by atomic mass is 16.6. The summed E-state index contributed by atoms with van der Waals surface area (Å²) in [5, 5.41) is 9.55. The van der Waals surface area contributed by atoms with Crippen LogP contribution in [0.25, 0.3) is 5.82 Å². The molecule has 0 aliphatic carbocycles. The van der Waals surface area contributed by atoms with Crippen LogP contribution in [-0.2, 0) is 10.2 Å². The molecule has 1 fully saturated rings. The first-order valence-electron chi connectivity index (χ1n) is 14.0. The molecule has 0 atom stereocenters. The predicted molar refractivity (Wildman–Crippen MR) is 161 cm³/mol. The molecular weight excluding hydrogens is 536 g/mol. The van der Waals surface area contributed by atoms with E-state index in [1.807, 2.05) is 62.7 Å². The van der Waals surface area contributed by atoms with Crippen molar-refractivity contribution in [3.8, 4) is 11.6 Å². The number of ether oxygens (including phenoxy) is 2. The van der Waals surface area contributed by atoms with E-state index in [2.05, 4.69) is 35.8 Å². The van der Waals surface area contributed by atoms with Gasteiger partial charge in [-0.25, -0.2) is 19.7 Å². The summed E-state index contributed by atoms with van der Waals surface area (Å²) in [5.74, 6) is 3.66. The third kappa shape index (κ3) is 7.25. The smallest absolute Gasteiger partial charge is 0.417 e. The molecule has 1 aromatic carbocycles. The second-order valence-corrected chi connectivity index (χ2v) is 11.2. The van der Waals surface area contributed by atoms with E-state index in [4.69, 9.17) is 13.9 Å². The molecule has 0 spiro atoms. The standard InChI is InChI=1S/C30H38N8O4/c1-20-6-7-22(35-29(39)42-24-17-25(30(3,4)5)41-21(24)2)16-23(20)36-28-32-9-11-38(28)27-18-26(33-19-34-27)31-8-10-37-12-14-40-15-13-37/h6-7,9,11,16-19H,8,10,12-15H2,1-5H3,(H,32,36)(H,35,39)(H,31,33,34). The quantitative estimate of drug-likeness (QED) is 0.243. The van der Waals surface area contributed by atoms with Crippen LogP contribution in [0, 0.1) is 13.8 Å². The minimum absolute atomic E-state index is 0.195. The lowest BCUT2D eigenvalue weighted by molar-refractivity contribution is 0.0398. The van der Waals surface area contributed by atoms with Crippen LogP contribution in [0.2, 0.25) is 0 Å². The highest BCUT2D eigenvalue weighted by Crippen LogP contribution is 2.32. The van der Waals surface area contributed by atoms with Gasteiger partial charge in [0.1, 0.15) is 29.5 Å². The van der Waals surface area contributed by atoms with Crippen molar-refractivity contribution >= 4 is 29.2 Å². The van der Waals surface area contributed by atoms with Gasteiger partial charge in [-0.15, -0.1) is 0 Å². The summed E-state index contributed by atoms with van der Waals surface area (Å²) < 4.78 is 18.6. The van der Waals surface area contributed by atoms with Crippen LogP contribution in [0.1, 0.15) is 37.9 Å². The molecule has 1 aliphatic rings. The monoisotopic (exact) mass is 574 g/mol. The number of carbonyl (C=O) groups is 1. The van der Waals surface area contributed by atoms with Crippen LogP contribution in [0.15, 0.2) is 53.5 Å². The highest BCUT2D eigenvalue weighted by molar-refractivity contribution is 5.87. The lowest BCUT2D eigenvalue weighted by atomic mass is 9.93. The van der Waals surface area contributed by atoms with Gasteiger partial charge in [0.2, 0.25) is 5.95 Å². The molecule has 4 aromatic rings. The van der Waals surface area contributed by atoms with Gasteiger partial charge in [0.25, 0.3) is 0 Å². The molecular formula is C30H38N8O4. The van der Waals surface area contributed by atoms with Gasteiger partial charge in [0.15, 0.2) is 5.75 Å². The molecule has 0 radical (unpaired) electrons. The lowest BCUT2D eigenvalue weighted by Gasteiger charge is -2.26. The summed E-state index contributed by atoms with van der Waals surface area (Å²) in [4.78, 5) is 28.4. The van der Waals surface area contributed by atoms with Gasteiger partial charge in [0, 0.05) is 67.5 Å². The Morgan fingerprint density at radius 1 is 1.07 bits per heavy atom. The van der Waals surface area contributed by atoms with Crippen molar-refractivity contribution in [1.29, 1.82) is 0 Å². The number of carbonyl (C=O) groups excluding carboxylic acids is 1. The van der Waals surface area contributed by atoms with Crippen molar-refractivity contribution in [3.63, 3.8) is 0 Å². The molecule has 1 aliphatic heterocycles. The van der Waals surface area contributed by atoms with E-state index < -0.39 is 6.09 Å². The van der Waals surface area contributed by atoms with Gasteiger partial charge in [0.05, 0.1) is 13.2 Å². The maximum Gasteiger partial charge on any atom is 0.417 e. The normalized spacial score (nSPS) is 14.0. The third-order valence-electron chi connectivity index (χ3n) is 6.92. The SMILES string of the molecule is Cc1ccc(NC(=O)Oc2cc(C(C)(C)C)oc2C)cc1Nc1nccn1-c1cc(NCCN2CCOCC2)ncn1. The van der Waals surface area contributed by atoms with Crippen molar-refractivity contribution in [3.05, 3.63) is 66.1 Å². The molecule has 0 unspecified atom stereocenters. The molecule has 0 bridgehead atoms. The molecule has 12 heteroatoms. The Kier molecular flexibility index (Phi) is 8.74. The Labute approximate surface area is 245 Å². The Bertz CT molecular complexity index is 1520. The van der Waals surface area contributed by atoms with Gasteiger partial charge < -0.3 is 24.5 Å². The molecule has 4 heterocycles. The number of hydrogen-bond donors (Lipinski definition) is 3. The zero-order valence-electron chi connectivity index (χ0n) is 24.7. The number of aromatic nitrogens is 4. The Hall–Kier alpha value is -4.42. The van der Waals surface area contributed by atoms with E-state index >= 15 is 0 Å². The highest BCUT2D eigenvalue weighted by Gasteiger charge is 2.22. The largest absolute Gasteiger partial charge is 0.462 e. The van der Waals surface area contributed by atoms with E-state index in [9.17, 15) is 4.79 Å². The fraction of sp³-hybridized carbons (Fsp3) is 0.400. The van der Waals surface area contributed by atoms with Crippen LogP contribution in [0.4, 0.5) is 27.9 Å². The average molecular weight is 575 g/mol. The van der Waals surface area contributed by atoms with E-state index in [-0.39, 0.29) is 5.41 Å². The van der Waals surface area contributed by atoms with Crippen molar-refractivity contribution < 1.29 is 18.7 Å². The molecule has 0 saturated carbocycles. The van der Waals surface area contributed by atoms with Gasteiger partial charge in [-0.3, -0.25) is 14.8 Å². The van der Waals surface area contributed by atoms with Crippen molar-refractivity contribution in [1.82, 2.24) is 24.4 Å². The Morgan fingerprint density at radius 2 is 1.88 bits per heavy atom. The van der Waals surface area contributed by atoms with Gasteiger partial charge >= 0.3 is 6.09 Å². The molecule has 1 amide bonds. The summed E-state index contributed by atoms with van der Waals surface area (Å²) in [5.41, 5.74) is 2.11. The van der Waals surface area contributed by atoms with Crippen LogP contribution >= 0.6 is 0 Å². The summed E-state index contributed by atoms with van der Waals surface area (Å²) in [6, 6.07) is 9.20. The lowest BCUT2D eigenvalue weighted by Crippen LogP contribution is -2.39. The number of hydrogen-bond acceptors (Lipinski definition) is 10. The van der Waals surface area contributed by atoms with Gasteiger partial charge in [-0.2, -0.15) is 0 Å². The van der Waals surface area contributed by atoms with Crippen LogP contribution < -0.4 is 20.7 Å². The number of aryl methyl sites for hydroxylation is 2. The zero-order chi connectivity index (χ0) is 29.7. The summed E-state index contributed by atoms with van der Waals surface area (Å²) in [6.45, 7) is 15.0. The molecule has 222 valence electrons. The number of benzene rings is 1. The maximum atomic E-state index is 12.7. The minimum Gasteiger partial charge on any atom is -0.462 e. The Morgan fingerprint density at radius 3 is 2.64 bits per heavy atom. The van der Waals surface area contributed by atoms with Gasteiger partial charge in [-0.1, -0.05) is 26.8 Å².